The van der Waals surface area contributed by atoms with E-state index in [1.807, 2.05) is 40.7 Å². The lowest BCUT2D eigenvalue weighted by Crippen LogP contribution is -2.47. The van der Waals surface area contributed by atoms with Crippen molar-refractivity contribution in [3.8, 4) is 0 Å². The highest BCUT2D eigenvalue weighted by Gasteiger charge is 2.55. The molecule has 0 spiro atoms. The van der Waals surface area contributed by atoms with Crippen LogP contribution in [0.4, 0.5) is 0 Å². The van der Waals surface area contributed by atoms with E-state index >= 15 is 0 Å². The number of carbonyl (C=O) groups excluding carboxylic acids is 2. The summed E-state index contributed by atoms with van der Waals surface area (Å²) in [5.41, 5.74) is 1.72. The van der Waals surface area contributed by atoms with Gasteiger partial charge in [0, 0.05) is 11.5 Å². The summed E-state index contributed by atoms with van der Waals surface area (Å²) in [5, 5.41) is 21.9. The Morgan fingerprint density at radius 2 is 1.76 bits per heavy atom. The monoisotopic (exact) mass is 526 g/mol. The second-order valence-corrected chi connectivity index (χ2v) is 11.7. The van der Waals surface area contributed by atoms with Crippen molar-refractivity contribution in [2.24, 2.45) is 23.2 Å². The van der Waals surface area contributed by atoms with Gasteiger partial charge >= 0.3 is 5.97 Å². The molecule has 0 aromatic heterocycles. The number of Topliss-reactive ketones (excluding diaryl/α,β-unsaturated/α-hetero) is 2. The maximum Gasteiger partial charge on any atom is 0.303 e. The van der Waals surface area contributed by atoms with Gasteiger partial charge in [0.05, 0.1) is 17.8 Å². The van der Waals surface area contributed by atoms with Gasteiger partial charge in [-0.15, -0.1) is 6.58 Å². The van der Waals surface area contributed by atoms with E-state index in [1.165, 1.54) is 0 Å². The fourth-order valence-corrected chi connectivity index (χ4v) is 5.52. The van der Waals surface area contributed by atoms with Crippen molar-refractivity contribution in [1.82, 2.24) is 0 Å². The Balaban J connectivity index is 2.91. The maximum atomic E-state index is 14.5. The van der Waals surface area contributed by atoms with Gasteiger partial charge in [0.25, 0.3) is 0 Å². The SMILES string of the molecule is C=C(C)CC[C@@H](C[C@]1(CC=C(C)C)C(=O)C2=C(O[C@@H](C)[C@@H](C)C2=O)C([C@H](CCC)CC(=O)O)=C1O)C(=C)C. The number of allylic oxidation sites excluding steroid dienone is 7. The van der Waals surface area contributed by atoms with E-state index in [2.05, 4.69) is 13.2 Å². The molecule has 6 heteroatoms. The third-order valence-corrected chi connectivity index (χ3v) is 8.05. The van der Waals surface area contributed by atoms with Crippen LogP contribution in [0.5, 0.6) is 0 Å². The average molecular weight is 527 g/mol. The number of ether oxygens (including phenoxy) is 1. The molecule has 1 aliphatic carbocycles. The van der Waals surface area contributed by atoms with Crippen molar-refractivity contribution in [3.63, 3.8) is 0 Å². The van der Waals surface area contributed by atoms with E-state index in [4.69, 9.17) is 4.74 Å². The molecule has 0 bridgehead atoms. The summed E-state index contributed by atoms with van der Waals surface area (Å²) >= 11 is 0. The number of carboxylic acids is 1. The number of hydrogen-bond acceptors (Lipinski definition) is 5. The minimum absolute atomic E-state index is 0.0302. The van der Waals surface area contributed by atoms with Gasteiger partial charge in [-0.1, -0.05) is 49.6 Å². The topological polar surface area (TPSA) is 101 Å². The van der Waals surface area contributed by atoms with E-state index in [1.54, 1.807) is 13.8 Å². The molecule has 1 aliphatic heterocycles. The fraction of sp³-hybridized carbons (Fsp3) is 0.594. The molecular formula is C32H46O6. The molecule has 1 heterocycles. The Hall–Kier alpha value is -2.89. The molecule has 6 nitrogen and oxygen atoms in total. The molecule has 0 aromatic carbocycles. The zero-order valence-corrected chi connectivity index (χ0v) is 24.3. The lowest BCUT2D eigenvalue weighted by Gasteiger charge is -2.44. The first-order chi connectivity index (χ1) is 17.7. The second-order valence-electron chi connectivity index (χ2n) is 11.7. The zero-order valence-electron chi connectivity index (χ0n) is 24.3. The number of carbonyl (C=O) groups is 3. The third kappa shape index (κ3) is 6.57. The van der Waals surface area contributed by atoms with Crippen molar-refractivity contribution in [1.29, 1.82) is 0 Å². The molecule has 0 saturated heterocycles. The van der Waals surface area contributed by atoms with Gasteiger partial charge < -0.3 is 14.9 Å². The van der Waals surface area contributed by atoms with Gasteiger partial charge in [-0.25, -0.2) is 0 Å². The summed E-state index contributed by atoms with van der Waals surface area (Å²) in [5.74, 6) is -3.11. The number of aliphatic hydroxyl groups is 1. The molecule has 0 aromatic rings. The molecular weight excluding hydrogens is 480 g/mol. The van der Waals surface area contributed by atoms with E-state index in [-0.39, 0.29) is 48.1 Å². The lowest BCUT2D eigenvalue weighted by atomic mass is 9.61. The van der Waals surface area contributed by atoms with Crippen LogP contribution in [0.3, 0.4) is 0 Å². The number of ketones is 2. The second kappa shape index (κ2) is 12.8. The summed E-state index contributed by atoms with van der Waals surface area (Å²) in [7, 11) is 0. The predicted molar refractivity (Wildman–Crippen MR) is 151 cm³/mol. The predicted octanol–water partition coefficient (Wildman–Crippen LogP) is 7.43. The van der Waals surface area contributed by atoms with Gasteiger partial charge in [-0.05, 0) is 72.6 Å². The van der Waals surface area contributed by atoms with Crippen LogP contribution in [0.2, 0.25) is 0 Å². The van der Waals surface area contributed by atoms with Crippen LogP contribution in [0.25, 0.3) is 0 Å². The normalized spacial score (nSPS) is 24.9. The zero-order chi connectivity index (χ0) is 28.9. The third-order valence-electron chi connectivity index (χ3n) is 8.05. The Morgan fingerprint density at radius 1 is 1.13 bits per heavy atom. The number of aliphatic hydroxyl groups excluding tert-OH is 1. The van der Waals surface area contributed by atoms with Crippen molar-refractivity contribution in [2.45, 2.75) is 99.5 Å². The van der Waals surface area contributed by atoms with Crippen LogP contribution in [-0.2, 0) is 19.1 Å². The standard InChI is InChI=1S/C32H46O6/c1-10-11-23(16-25(33)34)26-29-27(28(35)21(8)22(9)38-29)31(37)32(30(26)36,15-14-19(4)5)17-24(20(6)7)13-12-18(2)3/h14,21-24,36H,2,6,10-13,15-17H2,1,3-5,7-9H3,(H,33,34)/t21-,22+,23-,24+,32+/m1/s1. The van der Waals surface area contributed by atoms with E-state index < -0.39 is 35.1 Å². The molecule has 210 valence electrons. The summed E-state index contributed by atoms with van der Waals surface area (Å²) in [6, 6.07) is 0. The Morgan fingerprint density at radius 3 is 2.26 bits per heavy atom. The van der Waals surface area contributed by atoms with Gasteiger partial charge in [0.2, 0.25) is 0 Å². The fourth-order valence-electron chi connectivity index (χ4n) is 5.52. The van der Waals surface area contributed by atoms with Crippen LogP contribution in [0.15, 0.2) is 58.6 Å². The summed E-state index contributed by atoms with van der Waals surface area (Å²) < 4.78 is 6.17. The summed E-state index contributed by atoms with van der Waals surface area (Å²) in [4.78, 5) is 40.0. The van der Waals surface area contributed by atoms with Gasteiger partial charge in [-0.3, -0.25) is 14.4 Å². The van der Waals surface area contributed by atoms with Crippen LogP contribution < -0.4 is 0 Å². The molecule has 0 fully saturated rings. The van der Waals surface area contributed by atoms with Crippen molar-refractivity contribution < 1.29 is 29.3 Å². The highest BCUT2D eigenvalue weighted by atomic mass is 16.5. The highest BCUT2D eigenvalue weighted by Crippen LogP contribution is 2.53. The molecule has 5 atom stereocenters. The van der Waals surface area contributed by atoms with Crippen molar-refractivity contribution in [2.75, 3.05) is 0 Å². The van der Waals surface area contributed by atoms with Gasteiger partial charge in [0.15, 0.2) is 11.6 Å². The maximum absolute atomic E-state index is 14.5. The minimum Gasteiger partial charge on any atom is -0.511 e. The molecule has 2 rings (SSSR count). The first kappa shape index (κ1) is 31.3. The Bertz CT molecular complexity index is 1080. The van der Waals surface area contributed by atoms with Crippen LogP contribution >= 0.6 is 0 Å². The van der Waals surface area contributed by atoms with Crippen molar-refractivity contribution in [3.05, 3.63) is 58.6 Å². The highest BCUT2D eigenvalue weighted by molar-refractivity contribution is 6.25. The van der Waals surface area contributed by atoms with Gasteiger partial charge in [-0.2, -0.15) is 0 Å². The number of rotatable bonds is 13. The number of hydrogen-bond donors (Lipinski definition) is 2. The molecule has 0 radical (unpaired) electrons. The quantitative estimate of drug-likeness (QED) is 0.191. The lowest BCUT2D eigenvalue weighted by molar-refractivity contribution is -0.137. The first-order valence-corrected chi connectivity index (χ1v) is 13.8. The molecule has 0 amide bonds. The molecule has 0 unspecified atom stereocenters. The molecule has 2 aliphatic rings. The minimum atomic E-state index is -1.42. The largest absolute Gasteiger partial charge is 0.511 e. The van der Waals surface area contributed by atoms with Crippen LogP contribution in [-0.4, -0.2) is 33.9 Å². The Kier molecular flexibility index (Phi) is 10.5. The van der Waals surface area contributed by atoms with Crippen molar-refractivity contribution >= 4 is 17.5 Å². The summed E-state index contributed by atoms with van der Waals surface area (Å²) in [6.07, 6.45) is 4.20. The average Bonchev–Trinajstić information content (AvgIpc) is 2.80. The molecule has 0 saturated carbocycles. The summed E-state index contributed by atoms with van der Waals surface area (Å²) in [6.45, 7) is 21.4. The number of aliphatic carboxylic acids is 1. The van der Waals surface area contributed by atoms with Crippen LogP contribution in [0.1, 0.15) is 93.4 Å². The van der Waals surface area contributed by atoms with E-state index in [9.17, 15) is 24.6 Å². The smallest absolute Gasteiger partial charge is 0.303 e. The molecule has 2 N–H and O–H groups in total. The van der Waals surface area contributed by atoms with E-state index in [0.29, 0.717) is 24.8 Å². The van der Waals surface area contributed by atoms with E-state index in [0.717, 1.165) is 23.1 Å². The van der Waals surface area contributed by atoms with Crippen LogP contribution in [0, 0.1) is 23.2 Å². The molecule has 38 heavy (non-hydrogen) atoms. The number of carboxylic acid groups (broad SMARTS) is 1. The Labute approximate surface area is 228 Å². The van der Waals surface area contributed by atoms with Gasteiger partial charge in [0.1, 0.15) is 23.2 Å². The first-order valence-electron chi connectivity index (χ1n) is 13.8.